The van der Waals surface area contributed by atoms with Gasteiger partial charge in [0.1, 0.15) is 0 Å². The molecule has 1 saturated heterocycles. The Morgan fingerprint density at radius 2 is 2.14 bits per heavy atom. The standard InChI is InChI=1S/C16H15BrN2OS/c1-3-11-8-14(20)19(9-11)16-18-15(10(2)21-16)12-4-6-13(17)7-5-12/h3-7,11H,1,8-9H2,2H3. The molecule has 3 rings (SSSR count). The van der Waals surface area contributed by atoms with Gasteiger partial charge in [0, 0.05) is 33.8 Å². The van der Waals surface area contributed by atoms with Crippen molar-refractivity contribution in [2.45, 2.75) is 13.3 Å². The number of aryl methyl sites for hydroxylation is 1. The van der Waals surface area contributed by atoms with Crippen molar-refractivity contribution in [1.29, 1.82) is 0 Å². The molecule has 0 bridgehead atoms. The molecule has 1 aromatic carbocycles. The van der Waals surface area contributed by atoms with Crippen molar-refractivity contribution in [3.63, 3.8) is 0 Å². The van der Waals surface area contributed by atoms with Crippen LogP contribution in [0.2, 0.25) is 0 Å². The highest BCUT2D eigenvalue weighted by Gasteiger charge is 2.31. The van der Waals surface area contributed by atoms with Crippen LogP contribution in [0.25, 0.3) is 11.3 Å². The van der Waals surface area contributed by atoms with Crippen molar-refractivity contribution >= 4 is 38.3 Å². The number of hydrogen-bond acceptors (Lipinski definition) is 3. The van der Waals surface area contributed by atoms with Crippen LogP contribution in [0.5, 0.6) is 0 Å². The van der Waals surface area contributed by atoms with Gasteiger partial charge in [0.15, 0.2) is 5.13 Å². The highest BCUT2D eigenvalue weighted by Crippen LogP contribution is 2.35. The smallest absolute Gasteiger partial charge is 0.229 e. The summed E-state index contributed by atoms with van der Waals surface area (Å²) >= 11 is 5.01. The molecule has 0 saturated carbocycles. The number of amides is 1. The Balaban J connectivity index is 1.93. The molecule has 1 unspecified atom stereocenters. The first kappa shape index (κ1) is 14.5. The first-order valence-corrected chi connectivity index (χ1v) is 8.35. The fourth-order valence-electron chi connectivity index (χ4n) is 2.45. The number of anilines is 1. The molecule has 2 aromatic rings. The van der Waals surface area contributed by atoms with Gasteiger partial charge < -0.3 is 0 Å². The lowest BCUT2D eigenvalue weighted by atomic mass is 10.1. The molecule has 0 radical (unpaired) electrons. The molecule has 3 nitrogen and oxygen atoms in total. The molecule has 1 amide bonds. The van der Waals surface area contributed by atoms with Crippen molar-refractivity contribution in [2.75, 3.05) is 11.4 Å². The monoisotopic (exact) mass is 362 g/mol. The Morgan fingerprint density at radius 1 is 1.43 bits per heavy atom. The second kappa shape index (κ2) is 5.73. The van der Waals surface area contributed by atoms with Crippen LogP contribution >= 0.6 is 27.3 Å². The fourth-order valence-corrected chi connectivity index (χ4v) is 3.67. The number of nitrogens with zero attached hydrogens (tertiary/aromatic N) is 2. The normalized spacial score (nSPS) is 18.3. The van der Waals surface area contributed by atoms with E-state index in [4.69, 9.17) is 0 Å². The fraction of sp³-hybridized carbons (Fsp3) is 0.250. The lowest BCUT2D eigenvalue weighted by Gasteiger charge is -2.11. The van der Waals surface area contributed by atoms with E-state index in [1.165, 1.54) is 0 Å². The van der Waals surface area contributed by atoms with E-state index >= 15 is 0 Å². The molecule has 2 heterocycles. The van der Waals surface area contributed by atoms with Gasteiger partial charge in [-0.15, -0.1) is 17.9 Å². The average molecular weight is 363 g/mol. The van der Waals surface area contributed by atoms with Gasteiger partial charge in [0.25, 0.3) is 0 Å². The highest BCUT2D eigenvalue weighted by molar-refractivity contribution is 9.10. The quantitative estimate of drug-likeness (QED) is 0.757. The predicted octanol–water partition coefficient (Wildman–Crippen LogP) is 4.42. The summed E-state index contributed by atoms with van der Waals surface area (Å²) < 4.78 is 1.04. The molecule has 1 aliphatic heterocycles. The van der Waals surface area contributed by atoms with Gasteiger partial charge in [-0.2, -0.15) is 0 Å². The predicted molar refractivity (Wildman–Crippen MR) is 90.6 cm³/mol. The maximum Gasteiger partial charge on any atom is 0.229 e. The third-order valence-corrected chi connectivity index (χ3v) is 5.14. The van der Waals surface area contributed by atoms with Gasteiger partial charge in [-0.25, -0.2) is 4.98 Å². The lowest BCUT2D eigenvalue weighted by Crippen LogP contribution is -2.24. The van der Waals surface area contributed by atoms with Crippen LogP contribution in [0.3, 0.4) is 0 Å². The van der Waals surface area contributed by atoms with E-state index < -0.39 is 0 Å². The van der Waals surface area contributed by atoms with Crippen molar-refractivity contribution in [3.8, 4) is 11.3 Å². The van der Waals surface area contributed by atoms with Crippen molar-refractivity contribution in [2.24, 2.45) is 5.92 Å². The number of carbonyl (C=O) groups is 1. The van der Waals surface area contributed by atoms with Crippen molar-refractivity contribution in [3.05, 3.63) is 46.3 Å². The maximum absolute atomic E-state index is 12.1. The molecule has 108 valence electrons. The van der Waals surface area contributed by atoms with Crippen LogP contribution in [0, 0.1) is 12.8 Å². The molecule has 1 aliphatic rings. The molecular formula is C16H15BrN2OS. The molecule has 0 spiro atoms. The van der Waals surface area contributed by atoms with Crippen LogP contribution in [-0.4, -0.2) is 17.4 Å². The average Bonchev–Trinajstić information content (AvgIpc) is 3.03. The summed E-state index contributed by atoms with van der Waals surface area (Å²) in [5, 5.41) is 0.791. The molecule has 0 aliphatic carbocycles. The Kier molecular flexibility index (Phi) is 3.95. The Bertz CT molecular complexity index is 693. The topological polar surface area (TPSA) is 33.2 Å². The molecule has 1 atom stereocenters. The summed E-state index contributed by atoms with van der Waals surface area (Å²) in [5.74, 6) is 0.369. The zero-order valence-corrected chi connectivity index (χ0v) is 14.1. The third kappa shape index (κ3) is 2.80. The second-order valence-electron chi connectivity index (χ2n) is 5.11. The second-order valence-corrected chi connectivity index (χ2v) is 7.21. The summed E-state index contributed by atoms with van der Waals surface area (Å²) in [6.07, 6.45) is 2.39. The highest BCUT2D eigenvalue weighted by atomic mass is 79.9. The number of thiazole rings is 1. The summed E-state index contributed by atoms with van der Waals surface area (Å²) in [4.78, 5) is 19.7. The molecular weight excluding hydrogens is 348 g/mol. The number of hydrogen-bond donors (Lipinski definition) is 0. The van der Waals surface area contributed by atoms with E-state index in [2.05, 4.69) is 27.5 Å². The minimum atomic E-state index is 0.135. The summed E-state index contributed by atoms with van der Waals surface area (Å²) in [6, 6.07) is 8.08. The van der Waals surface area contributed by atoms with Gasteiger partial charge in [0.05, 0.1) is 5.69 Å². The Morgan fingerprint density at radius 3 is 2.76 bits per heavy atom. The van der Waals surface area contributed by atoms with Gasteiger partial charge in [-0.1, -0.05) is 34.1 Å². The van der Waals surface area contributed by atoms with E-state index in [9.17, 15) is 4.79 Å². The Hall–Kier alpha value is -1.46. The number of carbonyl (C=O) groups excluding carboxylic acids is 1. The van der Waals surface area contributed by atoms with Crippen molar-refractivity contribution < 1.29 is 4.79 Å². The summed E-state index contributed by atoms with van der Waals surface area (Å²) in [6.45, 7) is 6.52. The van der Waals surface area contributed by atoms with Crippen LogP contribution in [0.1, 0.15) is 11.3 Å². The molecule has 1 aromatic heterocycles. The largest absolute Gasteiger partial charge is 0.287 e. The first-order valence-electron chi connectivity index (χ1n) is 6.75. The maximum atomic E-state index is 12.1. The first-order chi connectivity index (χ1) is 10.1. The van der Waals surface area contributed by atoms with Crippen LogP contribution in [0.4, 0.5) is 5.13 Å². The zero-order valence-electron chi connectivity index (χ0n) is 11.7. The number of benzene rings is 1. The van der Waals surface area contributed by atoms with Gasteiger partial charge in [-0.3, -0.25) is 9.69 Å². The molecule has 0 N–H and O–H groups in total. The lowest BCUT2D eigenvalue weighted by molar-refractivity contribution is -0.117. The number of halogens is 1. The van der Waals surface area contributed by atoms with E-state index in [1.54, 1.807) is 16.2 Å². The SMILES string of the molecule is C=CC1CC(=O)N(c2nc(-c3ccc(Br)cc3)c(C)s2)C1. The van der Waals surface area contributed by atoms with Gasteiger partial charge >= 0.3 is 0 Å². The Labute approximate surface area is 136 Å². The van der Waals surface area contributed by atoms with Gasteiger partial charge in [0.2, 0.25) is 5.91 Å². The number of rotatable bonds is 3. The van der Waals surface area contributed by atoms with Crippen LogP contribution < -0.4 is 4.90 Å². The number of aromatic nitrogens is 1. The minimum Gasteiger partial charge on any atom is -0.287 e. The molecule has 5 heteroatoms. The third-order valence-electron chi connectivity index (χ3n) is 3.62. The van der Waals surface area contributed by atoms with Crippen LogP contribution in [-0.2, 0) is 4.79 Å². The van der Waals surface area contributed by atoms with E-state index in [1.807, 2.05) is 37.3 Å². The summed E-state index contributed by atoms with van der Waals surface area (Å²) in [5.41, 5.74) is 2.03. The van der Waals surface area contributed by atoms with E-state index in [0.717, 1.165) is 25.7 Å². The van der Waals surface area contributed by atoms with Crippen molar-refractivity contribution in [1.82, 2.24) is 4.98 Å². The molecule has 1 fully saturated rings. The minimum absolute atomic E-state index is 0.135. The molecule has 21 heavy (non-hydrogen) atoms. The summed E-state index contributed by atoms with van der Waals surface area (Å²) in [7, 11) is 0. The van der Waals surface area contributed by atoms with Crippen LogP contribution in [0.15, 0.2) is 41.4 Å². The zero-order chi connectivity index (χ0) is 15.0. The van der Waals surface area contributed by atoms with E-state index in [0.29, 0.717) is 13.0 Å². The van der Waals surface area contributed by atoms with Gasteiger partial charge in [-0.05, 0) is 19.1 Å². The van der Waals surface area contributed by atoms with E-state index in [-0.39, 0.29) is 11.8 Å².